The molecule has 2 aromatic carbocycles. The first-order valence-corrected chi connectivity index (χ1v) is 13.8. The third-order valence-corrected chi connectivity index (χ3v) is 7.61. The molecule has 0 radical (unpaired) electrons. The molecule has 1 aliphatic heterocycles. The molecule has 1 aromatic heterocycles. The van der Waals surface area contributed by atoms with E-state index in [0.29, 0.717) is 36.0 Å². The van der Waals surface area contributed by atoms with E-state index in [-0.39, 0.29) is 17.8 Å². The summed E-state index contributed by atoms with van der Waals surface area (Å²) < 4.78 is 41.9. The quantitative estimate of drug-likeness (QED) is 0.404. The lowest BCUT2D eigenvalue weighted by atomic mass is 9.93. The topological polar surface area (TPSA) is 73.4 Å². The Kier molecular flexibility index (Phi) is 8.57. The Balaban J connectivity index is 1.28. The van der Waals surface area contributed by atoms with E-state index < -0.39 is 17.6 Å². The number of carbonyl (C=O) groups excluding carboxylic acids is 1. The predicted molar refractivity (Wildman–Crippen MR) is 153 cm³/mol. The first kappa shape index (κ1) is 28.6. The van der Waals surface area contributed by atoms with Gasteiger partial charge in [0.2, 0.25) is 0 Å². The second-order valence-electron chi connectivity index (χ2n) is 10.8. The Morgan fingerprint density at radius 2 is 1.78 bits per heavy atom. The lowest BCUT2D eigenvalue weighted by Gasteiger charge is -2.33. The van der Waals surface area contributed by atoms with Gasteiger partial charge in [-0.05, 0) is 86.7 Å². The van der Waals surface area contributed by atoms with E-state index >= 15 is 0 Å². The maximum absolute atomic E-state index is 14.0. The van der Waals surface area contributed by atoms with Gasteiger partial charge in [-0.1, -0.05) is 18.1 Å². The molecule has 1 saturated carbocycles. The molecule has 10 heteroatoms. The normalized spacial score (nSPS) is 16.4. The van der Waals surface area contributed by atoms with Crippen molar-refractivity contribution < 1.29 is 18.0 Å². The summed E-state index contributed by atoms with van der Waals surface area (Å²) in [4.78, 5) is 17.2. The fraction of sp³-hybridized carbons (Fsp3) is 0.387. The number of carbonyl (C=O) groups is 1. The second kappa shape index (κ2) is 12.3. The Morgan fingerprint density at radius 1 is 1.00 bits per heavy atom. The summed E-state index contributed by atoms with van der Waals surface area (Å²) in [7, 11) is 2.00. The van der Waals surface area contributed by atoms with Crippen molar-refractivity contribution in [3.63, 3.8) is 0 Å². The van der Waals surface area contributed by atoms with Gasteiger partial charge in [-0.15, -0.1) is 10.2 Å². The van der Waals surface area contributed by atoms with Crippen LogP contribution in [0.1, 0.15) is 57.6 Å². The first-order valence-electron chi connectivity index (χ1n) is 13.8. The highest BCUT2D eigenvalue weighted by molar-refractivity contribution is 6.04. The van der Waals surface area contributed by atoms with Crippen molar-refractivity contribution in [2.75, 3.05) is 43.9 Å². The molecular weight excluding hydrogens is 529 g/mol. The average molecular weight is 563 g/mol. The highest BCUT2D eigenvalue weighted by Gasteiger charge is 2.34. The van der Waals surface area contributed by atoms with Crippen molar-refractivity contribution in [2.24, 2.45) is 0 Å². The molecular formula is C31H33F3N6O. The molecule has 0 bridgehead atoms. The summed E-state index contributed by atoms with van der Waals surface area (Å²) >= 11 is 0. The Bertz CT molecular complexity index is 1450. The van der Waals surface area contributed by atoms with E-state index in [2.05, 4.69) is 37.6 Å². The van der Waals surface area contributed by atoms with Gasteiger partial charge in [0.25, 0.3) is 5.91 Å². The van der Waals surface area contributed by atoms with Crippen molar-refractivity contribution in [2.45, 2.75) is 44.9 Å². The summed E-state index contributed by atoms with van der Waals surface area (Å²) in [6, 6.07) is 13.1. The minimum Gasteiger partial charge on any atom is -0.366 e. The molecule has 2 N–H and O–H groups in total. The smallest absolute Gasteiger partial charge is 0.366 e. The van der Waals surface area contributed by atoms with Crippen molar-refractivity contribution in [3.8, 4) is 11.8 Å². The third kappa shape index (κ3) is 7.43. The molecule has 5 rings (SSSR count). The van der Waals surface area contributed by atoms with E-state index in [9.17, 15) is 18.0 Å². The summed E-state index contributed by atoms with van der Waals surface area (Å²) in [6.07, 6.45) is -1.04. The molecule has 0 unspecified atom stereocenters. The van der Waals surface area contributed by atoms with E-state index in [1.807, 2.05) is 24.9 Å². The monoisotopic (exact) mass is 562 g/mol. The molecule has 1 saturated heterocycles. The van der Waals surface area contributed by atoms with Crippen LogP contribution in [0.15, 0.2) is 48.5 Å². The Morgan fingerprint density at radius 3 is 2.44 bits per heavy atom. The first-order chi connectivity index (χ1) is 19.6. The summed E-state index contributed by atoms with van der Waals surface area (Å²) in [5.41, 5.74) is 1.81. The average Bonchev–Trinajstić information content (AvgIpc) is 2.92. The highest BCUT2D eigenvalue weighted by Crippen LogP contribution is 2.35. The van der Waals surface area contributed by atoms with Crippen molar-refractivity contribution in [1.29, 1.82) is 0 Å². The number of piperazine rings is 1. The van der Waals surface area contributed by atoms with Gasteiger partial charge in [-0.25, -0.2) is 0 Å². The van der Waals surface area contributed by atoms with E-state index in [0.717, 1.165) is 43.4 Å². The van der Waals surface area contributed by atoms with Crippen molar-refractivity contribution in [1.82, 2.24) is 20.0 Å². The number of nitrogens with one attached hydrogen (secondary N) is 2. The van der Waals surface area contributed by atoms with Gasteiger partial charge in [0, 0.05) is 55.6 Å². The zero-order valence-corrected chi connectivity index (χ0v) is 23.2. The van der Waals surface area contributed by atoms with Crippen LogP contribution >= 0.6 is 0 Å². The van der Waals surface area contributed by atoms with Crippen LogP contribution in [0.3, 0.4) is 0 Å². The van der Waals surface area contributed by atoms with Crippen molar-refractivity contribution in [3.05, 3.63) is 82.0 Å². The number of halogens is 3. The number of benzene rings is 2. The van der Waals surface area contributed by atoms with Crippen molar-refractivity contribution >= 4 is 17.4 Å². The molecule has 7 nitrogen and oxygen atoms in total. The van der Waals surface area contributed by atoms with Gasteiger partial charge >= 0.3 is 6.18 Å². The van der Waals surface area contributed by atoms with Gasteiger partial charge in [-0.2, -0.15) is 13.2 Å². The van der Waals surface area contributed by atoms with Crippen LogP contribution in [0.2, 0.25) is 0 Å². The molecule has 3 aromatic rings. The molecule has 2 aliphatic rings. The van der Waals surface area contributed by atoms with Gasteiger partial charge < -0.3 is 15.5 Å². The van der Waals surface area contributed by atoms with E-state index in [1.54, 1.807) is 24.3 Å². The van der Waals surface area contributed by atoms with Crippen LogP contribution < -0.4 is 10.6 Å². The van der Waals surface area contributed by atoms with Gasteiger partial charge in [0.15, 0.2) is 0 Å². The zero-order chi connectivity index (χ0) is 29.0. The number of aromatic nitrogens is 2. The molecule has 0 spiro atoms. The number of hydrogen-bond acceptors (Lipinski definition) is 6. The van der Waals surface area contributed by atoms with Crippen LogP contribution in [0, 0.1) is 18.8 Å². The van der Waals surface area contributed by atoms with Gasteiger partial charge in [0.1, 0.15) is 11.5 Å². The maximum Gasteiger partial charge on any atom is 0.416 e. The van der Waals surface area contributed by atoms with Gasteiger partial charge in [0.05, 0.1) is 5.56 Å². The standard InChI is InChI=1S/C31H33F3N6O/c1-21-6-7-23(18-22(21)8-10-26-12-13-29(38-37-26)35-25-4-3-5-25)30(41)36-27-11-9-24(28(19-27)31(32,33)34)20-40-16-14-39(2)15-17-40/h6-7,9,11-13,18-19,25H,3-5,14-17,20H2,1-2H3,(H,35,38)(H,36,41). The number of aryl methyl sites for hydroxylation is 1. The fourth-order valence-electron chi connectivity index (χ4n) is 4.77. The number of alkyl halides is 3. The number of amides is 1. The molecule has 1 aliphatic carbocycles. The minimum absolute atomic E-state index is 0.0866. The number of rotatable bonds is 6. The molecule has 214 valence electrons. The molecule has 1 amide bonds. The largest absolute Gasteiger partial charge is 0.416 e. The fourth-order valence-corrected chi connectivity index (χ4v) is 4.77. The van der Waals surface area contributed by atoms with Crippen LogP contribution in [0.4, 0.5) is 24.7 Å². The Hall–Kier alpha value is -3.94. The summed E-state index contributed by atoms with van der Waals surface area (Å²) in [5, 5.41) is 14.3. The number of likely N-dealkylation sites (N-methyl/N-ethyl adjacent to an activating group) is 1. The zero-order valence-electron chi connectivity index (χ0n) is 23.2. The SMILES string of the molecule is Cc1ccc(C(=O)Nc2ccc(CN3CCN(C)CC3)c(C(F)(F)F)c2)cc1C#Cc1ccc(NC2CCC2)nn1. The van der Waals surface area contributed by atoms with Crippen LogP contribution in [-0.2, 0) is 12.7 Å². The number of nitrogens with zero attached hydrogens (tertiary/aromatic N) is 4. The molecule has 0 atom stereocenters. The Labute approximate surface area is 238 Å². The van der Waals surface area contributed by atoms with Crippen LogP contribution in [-0.4, -0.2) is 65.2 Å². The molecule has 41 heavy (non-hydrogen) atoms. The number of anilines is 2. The van der Waals surface area contributed by atoms with Gasteiger partial charge in [-0.3, -0.25) is 9.69 Å². The lowest BCUT2D eigenvalue weighted by Crippen LogP contribution is -2.44. The minimum atomic E-state index is -4.54. The highest BCUT2D eigenvalue weighted by atomic mass is 19.4. The van der Waals surface area contributed by atoms with Crippen LogP contribution in [0.25, 0.3) is 0 Å². The maximum atomic E-state index is 14.0. The summed E-state index contributed by atoms with van der Waals surface area (Å²) in [6.45, 7) is 5.13. The second-order valence-corrected chi connectivity index (χ2v) is 10.8. The molecule has 2 heterocycles. The lowest BCUT2D eigenvalue weighted by molar-refractivity contribution is -0.138. The summed E-state index contributed by atoms with van der Waals surface area (Å²) in [5.74, 6) is 6.22. The third-order valence-electron chi connectivity index (χ3n) is 7.61. The van der Waals surface area contributed by atoms with Crippen LogP contribution in [0.5, 0.6) is 0 Å². The van der Waals surface area contributed by atoms with E-state index in [1.165, 1.54) is 18.6 Å². The molecule has 2 fully saturated rings. The van der Waals surface area contributed by atoms with E-state index in [4.69, 9.17) is 0 Å². The number of hydrogen-bond donors (Lipinski definition) is 2. The predicted octanol–water partition coefficient (Wildman–Crippen LogP) is 5.17.